The molecule has 12 unspecified atom stereocenters. The van der Waals surface area contributed by atoms with Crippen LogP contribution in [0.3, 0.4) is 0 Å². The van der Waals surface area contributed by atoms with Crippen LogP contribution in [-0.2, 0) is 42.7 Å². The van der Waals surface area contributed by atoms with E-state index in [1.54, 1.807) is 0 Å². The molecular weight excluding hydrogens is 682 g/mol. The summed E-state index contributed by atoms with van der Waals surface area (Å²) in [5, 5.41) is 118. The number of carbonyl (C=O) groups excluding carboxylic acids is 1. The monoisotopic (exact) mass is 731 g/mol. The van der Waals surface area contributed by atoms with Gasteiger partial charge in [0, 0.05) is 6.92 Å². The van der Waals surface area contributed by atoms with E-state index in [-0.39, 0.29) is 6.61 Å². The van der Waals surface area contributed by atoms with Crippen molar-refractivity contribution in [2.24, 2.45) is 0 Å². The maximum absolute atomic E-state index is 12.4. The summed E-state index contributed by atoms with van der Waals surface area (Å²) in [7, 11) is 0. The fourth-order valence-electron chi connectivity index (χ4n) is 6.15. The Kier molecular flexibility index (Phi) is 14.8. The summed E-state index contributed by atoms with van der Waals surface area (Å²) in [6.45, 7) is 3.40. The molecule has 0 saturated carbocycles. The average Bonchev–Trinajstić information content (AvgIpc) is 3.09. The van der Waals surface area contributed by atoms with E-state index in [0.717, 1.165) is 6.92 Å². The lowest BCUT2D eigenvalue weighted by atomic mass is 9.94. The van der Waals surface area contributed by atoms with E-state index < -0.39 is 148 Å². The van der Waals surface area contributed by atoms with Gasteiger partial charge in [-0.3, -0.25) is 4.79 Å². The van der Waals surface area contributed by atoms with Gasteiger partial charge in [-0.1, -0.05) is 6.08 Å². The lowest BCUT2D eigenvalue weighted by Crippen LogP contribution is -2.70. The molecule has 20 atom stereocenters. The van der Waals surface area contributed by atoms with Crippen molar-refractivity contribution in [2.75, 3.05) is 26.4 Å². The first kappa shape index (κ1) is 41.2. The molecule has 21 heteroatoms. The molecule has 4 rings (SSSR count). The van der Waals surface area contributed by atoms with Crippen molar-refractivity contribution in [1.82, 2.24) is 5.32 Å². The van der Waals surface area contributed by atoms with Crippen LogP contribution in [0.5, 0.6) is 0 Å². The Balaban J connectivity index is 1.66. The predicted octanol–water partition coefficient (Wildman–Crippen LogP) is -7.37. The van der Waals surface area contributed by atoms with Crippen molar-refractivity contribution in [3.05, 3.63) is 12.7 Å². The van der Waals surface area contributed by atoms with Crippen LogP contribution in [0.1, 0.15) is 13.8 Å². The van der Waals surface area contributed by atoms with Crippen molar-refractivity contribution >= 4 is 5.91 Å². The second-order valence-electron chi connectivity index (χ2n) is 12.5. The number of ether oxygens (including phenoxy) is 8. The Labute approximate surface area is 286 Å². The molecule has 0 aromatic heterocycles. The van der Waals surface area contributed by atoms with Crippen LogP contribution in [-0.4, -0.2) is 211 Å². The molecule has 4 aliphatic heterocycles. The minimum Gasteiger partial charge on any atom is -0.394 e. The van der Waals surface area contributed by atoms with Gasteiger partial charge < -0.3 is 99.4 Å². The number of aliphatic hydroxyl groups excluding tert-OH is 11. The summed E-state index contributed by atoms with van der Waals surface area (Å²) >= 11 is 0. The highest BCUT2D eigenvalue weighted by atomic mass is 16.8. The number of amides is 1. The molecule has 0 aromatic rings. The average molecular weight is 732 g/mol. The molecule has 0 radical (unpaired) electrons. The number of aliphatic hydroxyl groups is 11. The van der Waals surface area contributed by atoms with Gasteiger partial charge in [0.25, 0.3) is 0 Å². The first-order chi connectivity index (χ1) is 23.7. The molecule has 4 saturated heterocycles. The maximum Gasteiger partial charge on any atom is 0.217 e. The molecule has 0 spiro atoms. The van der Waals surface area contributed by atoms with E-state index in [2.05, 4.69) is 11.9 Å². The molecular formula is C29H49NO20. The van der Waals surface area contributed by atoms with E-state index in [1.807, 2.05) is 0 Å². The first-order valence-corrected chi connectivity index (χ1v) is 16.0. The van der Waals surface area contributed by atoms with Gasteiger partial charge in [0.05, 0.1) is 32.5 Å². The molecule has 12 N–H and O–H groups in total. The fraction of sp³-hybridized carbons (Fsp3) is 0.897. The second kappa shape index (κ2) is 18.0. The van der Waals surface area contributed by atoms with E-state index in [0.29, 0.717) is 0 Å². The van der Waals surface area contributed by atoms with E-state index in [1.165, 1.54) is 13.0 Å². The van der Waals surface area contributed by atoms with Gasteiger partial charge in [-0.15, -0.1) is 6.58 Å². The molecule has 21 nitrogen and oxygen atoms in total. The molecule has 4 fully saturated rings. The first-order valence-electron chi connectivity index (χ1n) is 16.0. The predicted molar refractivity (Wildman–Crippen MR) is 158 cm³/mol. The zero-order valence-electron chi connectivity index (χ0n) is 27.3. The molecule has 290 valence electrons. The zero-order valence-corrected chi connectivity index (χ0v) is 27.3. The maximum atomic E-state index is 12.4. The summed E-state index contributed by atoms with van der Waals surface area (Å²) in [4.78, 5) is 12.4. The Bertz CT molecular complexity index is 1090. The second-order valence-corrected chi connectivity index (χ2v) is 12.5. The SMILES string of the molecule is C=CCO[C@@H]1OC(CO)[C@H](O)C(O[C@@H]2OC(CO)[C@H](O)C(O[C@@H]3OC(CO)[C@H](O)C(O)C3O[C@@H]3OC(C)[C@H](O)C(O)C3O)C2NC(C)=O)C1O. The summed E-state index contributed by atoms with van der Waals surface area (Å²) in [5.41, 5.74) is 0. The van der Waals surface area contributed by atoms with Crippen LogP contribution < -0.4 is 5.32 Å². The van der Waals surface area contributed by atoms with E-state index in [4.69, 9.17) is 37.9 Å². The van der Waals surface area contributed by atoms with Gasteiger partial charge in [-0.25, -0.2) is 0 Å². The summed E-state index contributed by atoms with van der Waals surface area (Å²) in [6.07, 6.45) is -30.2. The summed E-state index contributed by atoms with van der Waals surface area (Å²) in [5.74, 6) is -0.731. The van der Waals surface area contributed by atoms with E-state index in [9.17, 15) is 61.0 Å². The lowest BCUT2D eigenvalue weighted by Gasteiger charge is -2.50. The number of nitrogens with one attached hydrogen (secondary N) is 1. The standard InChI is InChI=1S/C29H49NO20/c1-4-5-43-27-22(42)24(18(38)13(8-33)46-27)49-26-14(30-10(3)34)23(17(37)12(7-32)45-26)48-29-25(20(40)16(36)11(6-31)47-29)50-28-21(41)19(39)15(35)9(2)44-28/h4,9,11-29,31-33,35-42H,1,5-8H2,2-3H3,(H,30,34)/t9?,11?,12?,13?,14?,15-,16-,17-,18-,19?,20?,21?,22?,23?,24?,25?,26-,27+,28-,29-/m0/s1. The van der Waals surface area contributed by atoms with Gasteiger partial charge in [0.15, 0.2) is 25.2 Å². The summed E-state index contributed by atoms with van der Waals surface area (Å²) in [6, 6.07) is -1.57. The third-order valence-corrected chi connectivity index (χ3v) is 8.93. The fourth-order valence-corrected chi connectivity index (χ4v) is 6.15. The van der Waals surface area contributed by atoms with Gasteiger partial charge >= 0.3 is 0 Å². The van der Waals surface area contributed by atoms with Gasteiger partial charge in [0.1, 0.15) is 91.5 Å². The van der Waals surface area contributed by atoms with E-state index >= 15 is 0 Å². The molecule has 0 aliphatic carbocycles. The van der Waals surface area contributed by atoms with Crippen molar-refractivity contribution in [1.29, 1.82) is 0 Å². The third-order valence-electron chi connectivity index (χ3n) is 8.93. The number of hydrogen-bond acceptors (Lipinski definition) is 20. The largest absolute Gasteiger partial charge is 0.394 e. The molecule has 4 aliphatic rings. The van der Waals surface area contributed by atoms with Gasteiger partial charge in [0.2, 0.25) is 5.91 Å². The number of rotatable bonds is 13. The van der Waals surface area contributed by atoms with Crippen LogP contribution in [0.15, 0.2) is 12.7 Å². The topological polar surface area (TPSA) is 325 Å². The highest BCUT2D eigenvalue weighted by molar-refractivity contribution is 5.73. The molecule has 4 heterocycles. The van der Waals surface area contributed by atoms with Crippen molar-refractivity contribution < 1.29 is 98.9 Å². The smallest absolute Gasteiger partial charge is 0.217 e. The minimum absolute atomic E-state index is 0.104. The minimum atomic E-state index is -1.94. The molecule has 0 bridgehead atoms. The van der Waals surface area contributed by atoms with Crippen LogP contribution in [0.4, 0.5) is 0 Å². The quantitative estimate of drug-likeness (QED) is 0.0783. The van der Waals surface area contributed by atoms with Gasteiger partial charge in [-0.05, 0) is 6.92 Å². The third kappa shape index (κ3) is 8.80. The molecule has 0 aromatic carbocycles. The van der Waals surface area contributed by atoms with Crippen LogP contribution >= 0.6 is 0 Å². The Morgan fingerprint density at radius 2 is 1.14 bits per heavy atom. The molecule has 1 amide bonds. The van der Waals surface area contributed by atoms with Crippen molar-refractivity contribution in [3.63, 3.8) is 0 Å². The number of hydrogen-bond donors (Lipinski definition) is 12. The van der Waals surface area contributed by atoms with Crippen LogP contribution in [0, 0.1) is 0 Å². The zero-order chi connectivity index (χ0) is 37.0. The van der Waals surface area contributed by atoms with Crippen LogP contribution in [0.25, 0.3) is 0 Å². The Hall–Kier alpha value is -1.55. The highest BCUT2D eigenvalue weighted by Crippen LogP contribution is 2.35. The normalized spacial score (nSPS) is 48.6. The van der Waals surface area contributed by atoms with Crippen molar-refractivity contribution in [3.8, 4) is 0 Å². The Morgan fingerprint density at radius 1 is 0.620 bits per heavy atom. The number of carbonyl (C=O) groups is 1. The van der Waals surface area contributed by atoms with Crippen LogP contribution in [0.2, 0.25) is 0 Å². The lowest BCUT2D eigenvalue weighted by molar-refractivity contribution is -0.386. The summed E-state index contributed by atoms with van der Waals surface area (Å²) < 4.78 is 45.4. The van der Waals surface area contributed by atoms with Crippen molar-refractivity contribution in [2.45, 2.75) is 137 Å². The molecule has 50 heavy (non-hydrogen) atoms. The Morgan fingerprint density at radius 3 is 1.72 bits per heavy atom. The van der Waals surface area contributed by atoms with Gasteiger partial charge in [-0.2, -0.15) is 0 Å². The highest BCUT2D eigenvalue weighted by Gasteiger charge is 2.56.